The molecular formula is C36H38O12. The number of fused-ring (bicyclic) bond motifs is 4. The highest BCUT2D eigenvalue weighted by atomic mass is 16.7. The number of ether oxygens (including phenoxy) is 8. The number of rotatable bonds is 11. The number of benzene rings is 4. The van der Waals surface area contributed by atoms with Crippen molar-refractivity contribution >= 4 is 33.1 Å². The molecule has 0 aliphatic heterocycles. The molecule has 0 aromatic heterocycles. The molecule has 0 fully saturated rings. The standard InChI is InChI=1S/C36H38O12/c1-41-15-47-33-25-19(13-17-9-7-11-21(37)23(17)29(25)39)31(43-3)35(45-5)27(33)28-34(48-16-42-2)26-20(32(44-4)36(28)46-6)14-18-10-8-12-22(38)24(18)30(26)40/h13-14,39-40H,7-12,15-16H2,1-6H3. The summed E-state index contributed by atoms with van der Waals surface area (Å²) in [4.78, 5) is 26.4. The van der Waals surface area contributed by atoms with Crippen molar-refractivity contribution in [3.63, 3.8) is 0 Å². The Morgan fingerprint density at radius 1 is 0.521 bits per heavy atom. The van der Waals surface area contributed by atoms with Crippen molar-refractivity contribution in [1.29, 1.82) is 0 Å². The highest BCUT2D eigenvalue weighted by molar-refractivity contribution is 6.17. The lowest BCUT2D eigenvalue weighted by atomic mass is 9.84. The van der Waals surface area contributed by atoms with Gasteiger partial charge >= 0.3 is 0 Å². The average Bonchev–Trinajstić information content (AvgIpc) is 3.08. The second-order valence-corrected chi connectivity index (χ2v) is 11.6. The minimum Gasteiger partial charge on any atom is -0.506 e. The zero-order chi connectivity index (χ0) is 34.3. The van der Waals surface area contributed by atoms with E-state index in [1.807, 2.05) is 0 Å². The van der Waals surface area contributed by atoms with E-state index in [4.69, 9.17) is 37.9 Å². The van der Waals surface area contributed by atoms with Crippen LogP contribution in [0.1, 0.15) is 57.5 Å². The smallest absolute Gasteiger partial charge is 0.188 e. The van der Waals surface area contributed by atoms with Gasteiger partial charge in [-0.3, -0.25) is 9.59 Å². The molecule has 2 aliphatic rings. The number of hydrogen-bond donors (Lipinski definition) is 2. The third-order valence-electron chi connectivity index (χ3n) is 9.00. The molecular weight excluding hydrogens is 624 g/mol. The third-order valence-corrected chi connectivity index (χ3v) is 9.00. The highest BCUT2D eigenvalue weighted by Gasteiger charge is 2.37. The summed E-state index contributed by atoms with van der Waals surface area (Å²) in [6, 6.07) is 3.60. The Hall–Kier alpha value is -4.94. The summed E-state index contributed by atoms with van der Waals surface area (Å²) in [5.41, 5.74) is 2.10. The predicted molar refractivity (Wildman–Crippen MR) is 176 cm³/mol. The number of methoxy groups -OCH3 is 6. The van der Waals surface area contributed by atoms with Gasteiger partial charge < -0.3 is 48.1 Å². The van der Waals surface area contributed by atoms with Crippen LogP contribution in [0, 0.1) is 0 Å². The van der Waals surface area contributed by atoms with Gasteiger partial charge in [0.05, 0.1) is 61.5 Å². The molecule has 12 heteroatoms. The van der Waals surface area contributed by atoms with Crippen LogP contribution in [0.5, 0.6) is 46.0 Å². The topological polar surface area (TPSA) is 148 Å². The van der Waals surface area contributed by atoms with Gasteiger partial charge in [-0.05, 0) is 48.9 Å². The lowest BCUT2D eigenvalue weighted by molar-refractivity contribution is 0.0508. The molecule has 48 heavy (non-hydrogen) atoms. The van der Waals surface area contributed by atoms with E-state index in [-0.39, 0.29) is 117 Å². The molecule has 0 spiro atoms. The second kappa shape index (κ2) is 13.3. The van der Waals surface area contributed by atoms with E-state index in [2.05, 4.69) is 0 Å². The van der Waals surface area contributed by atoms with E-state index in [0.717, 1.165) is 0 Å². The van der Waals surface area contributed by atoms with E-state index >= 15 is 0 Å². The fourth-order valence-electron chi connectivity index (χ4n) is 7.11. The predicted octanol–water partition coefficient (Wildman–Crippen LogP) is 6.11. The van der Waals surface area contributed by atoms with Crippen LogP contribution in [0.3, 0.4) is 0 Å². The second-order valence-electron chi connectivity index (χ2n) is 11.6. The van der Waals surface area contributed by atoms with E-state index < -0.39 is 0 Å². The van der Waals surface area contributed by atoms with Crippen molar-refractivity contribution in [2.24, 2.45) is 0 Å². The lowest BCUT2D eigenvalue weighted by Gasteiger charge is -2.28. The van der Waals surface area contributed by atoms with Crippen LogP contribution in [0.15, 0.2) is 12.1 Å². The molecule has 0 saturated carbocycles. The molecule has 0 atom stereocenters. The molecule has 0 radical (unpaired) electrons. The van der Waals surface area contributed by atoms with Crippen molar-refractivity contribution in [1.82, 2.24) is 0 Å². The summed E-state index contributed by atoms with van der Waals surface area (Å²) in [6.45, 7) is -0.535. The van der Waals surface area contributed by atoms with Gasteiger partial charge in [-0.25, -0.2) is 0 Å². The van der Waals surface area contributed by atoms with Crippen molar-refractivity contribution in [2.45, 2.75) is 38.5 Å². The van der Waals surface area contributed by atoms with Crippen molar-refractivity contribution in [3.05, 3.63) is 34.4 Å². The molecule has 6 rings (SSSR count). The Morgan fingerprint density at radius 3 is 1.23 bits per heavy atom. The van der Waals surface area contributed by atoms with Crippen LogP contribution < -0.4 is 28.4 Å². The summed E-state index contributed by atoms with van der Waals surface area (Å²) in [5.74, 6) is -0.0722. The summed E-state index contributed by atoms with van der Waals surface area (Å²) < 4.78 is 47.2. The first-order valence-corrected chi connectivity index (χ1v) is 15.5. The number of carbonyl (C=O) groups is 2. The average molecular weight is 663 g/mol. The van der Waals surface area contributed by atoms with Gasteiger partial charge in [0.25, 0.3) is 0 Å². The van der Waals surface area contributed by atoms with Crippen LogP contribution >= 0.6 is 0 Å². The third kappa shape index (κ3) is 4.98. The van der Waals surface area contributed by atoms with Crippen molar-refractivity contribution in [2.75, 3.05) is 56.2 Å². The monoisotopic (exact) mass is 662 g/mol. The minimum absolute atomic E-state index is 0.0543. The van der Waals surface area contributed by atoms with Gasteiger partial charge in [0, 0.05) is 37.8 Å². The minimum atomic E-state index is -0.283. The molecule has 0 heterocycles. The lowest BCUT2D eigenvalue weighted by Crippen LogP contribution is -2.13. The molecule has 2 aliphatic carbocycles. The Kier molecular flexibility index (Phi) is 9.13. The number of ketones is 2. The maximum absolute atomic E-state index is 13.2. The Balaban J connectivity index is 1.89. The number of phenols is 2. The number of aromatic hydroxyl groups is 2. The van der Waals surface area contributed by atoms with Gasteiger partial charge in [-0.15, -0.1) is 0 Å². The largest absolute Gasteiger partial charge is 0.506 e. The Labute approximate surface area is 276 Å². The van der Waals surface area contributed by atoms with Gasteiger partial charge in [-0.2, -0.15) is 0 Å². The fraction of sp³-hybridized carbons (Fsp3) is 0.389. The van der Waals surface area contributed by atoms with Crippen molar-refractivity contribution in [3.8, 4) is 57.1 Å². The summed E-state index contributed by atoms with van der Waals surface area (Å²) in [7, 11) is 8.70. The Bertz CT molecular complexity index is 1820. The van der Waals surface area contributed by atoms with Gasteiger partial charge in [0.1, 0.15) is 23.0 Å². The van der Waals surface area contributed by atoms with E-state index in [1.54, 1.807) is 12.1 Å². The molecule has 0 bridgehead atoms. The van der Waals surface area contributed by atoms with Crippen LogP contribution in [0.2, 0.25) is 0 Å². The number of Topliss-reactive ketones (excluding diaryl/α,β-unsaturated/α-hetero) is 2. The van der Waals surface area contributed by atoms with E-state index in [9.17, 15) is 19.8 Å². The first-order valence-electron chi connectivity index (χ1n) is 15.5. The molecule has 12 nitrogen and oxygen atoms in total. The summed E-state index contributed by atoms with van der Waals surface area (Å²) in [6.07, 6.45) is 3.02. The molecule has 4 aromatic carbocycles. The zero-order valence-corrected chi connectivity index (χ0v) is 27.8. The quantitative estimate of drug-likeness (QED) is 0.179. The summed E-state index contributed by atoms with van der Waals surface area (Å²) in [5, 5.41) is 25.0. The highest BCUT2D eigenvalue weighted by Crippen LogP contribution is 2.62. The first-order chi connectivity index (χ1) is 23.3. The van der Waals surface area contributed by atoms with Gasteiger partial charge in [0.2, 0.25) is 0 Å². The van der Waals surface area contributed by atoms with Crippen LogP contribution in [0.25, 0.3) is 32.7 Å². The Morgan fingerprint density at radius 2 is 0.896 bits per heavy atom. The molecule has 0 unspecified atom stereocenters. The van der Waals surface area contributed by atoms with Gasteiger partial charge in [0.15, 0.2) is 48.2 Å². The zero-order valence-electron chi connectivity index (χ0n) is 27.8. The van der Waals surface area contributed by atoms with Crippen LogP contribution in [0.4, 0.5) is 0 Å². The molecule has 4 aromatic rings. The van der Waals surface area contributed by atoms with E-state index in [0.29, 0.717) is 47.6 Å². The SMILES string of the molecule is COCOc1c(-c2c(OC)c(OC)c3cc4c(c(O)c3c2OCOC)C(=O)CCC4)c(OC)c(OC)c2cc3c(c(O)c12)C(=O)CCC3. The number of hydrogen-bond acceptors (Lipinski definition) is 12. The molecule has 254 valence electrons. The van der Waals surface area contributed by atoms with Crippen LogP contribution in [-0.2, 0) is 22.3 Å². The molecule has 2 N–H and O–H groups in total. The first kappa shape index (κ1) is 33.0. The van der Waals surface area contributed by atoms with Crippen LogP contribution in [-0.4, -0.2) is 78.0 Å². The van der Waals surface area contributed by atoms with E-state index in [1.165, 1.54) is 42.7 Å². The number of carbonyl (C=O) groups excluding carboxylic acids is 2. The van der Waals surface area contributed by atoms with Gasteiger partial charge in [-0.1, -0.05) is 0 Å². The number of phenolic OH excluding ortho intramolecular Hbond substituents is 2. The summed E-state index contributed by atoms with van der Waals surface area (Å²) >= 11 is 0. The molecule has 0 amide bonds. The van der Waals surface area contributed by atoms with Crippen molar-refractivity contribution < 1.29 is 57.7 Å². The maximum Gasteiger partial charge on any atom is 0.188 e. The molecule has 0 saturated heterocycles. The normalized spacial score (nSPS) is 14.1. The maximum atomic E-state index is 13.2. The number of aryl methyl sites for hydroxylation is 2. The fourth-order valence-corrected chi connectivity index (χ4v) is 7.11.